The largest absolute Gasteiger partial charge is 0.457 e. The second kappa shape index (κ2) is 10.8. The average molecular weight is 633 g/mol. The quantitative estimate of drug-likeness (QED) is 0.182. The van der Waals surface area contributed by atoms with Crippen LogP contribution < -0.4 is 14.5 Å². The zero-order valence-corrected chi connectivity index (χ0v) is 24.9. The summed E-state index contributed by atoms with van der Waals surface area (Å²) < 4.78 is 47.4. The number of hydrogen-bond acceptors (Lipinski definition) is 5. The molecule has 0 atom stereocenters. The molecule has 10 heteroatoms. The Morgan fingerprint density at radius 1 is 0.511 bits per heavy atom. The Bertz CT molecular complexity index is 2160. The van der Waals surface area contributed by atoms with Crippen LogP contribution in [-0.2, 0) is 6.18 Å². The van der Waals surface area contributed by atoms with Crippen molar-refractivity contribution >= 4 is 35.0 Å². The minimum Gasteiger partial charge on any atom is -0.457 e. The molecule has 5 aromatic carbocycles. The van der Waals surface area contributed by atoms with Crippen molar-refractivity contribution in [1.82, 2.24) is 0 Å². The lowest BCUT2D eigenvalue weighted by atomic mass is 9.97. The van der Waals surface area contributed by atoms with Crippen molar-refractivity contribution < 1.29 is 37.1 Å². The van der Waals surface area contributed by atoms with E-state index in [1.54, 1.807) is 36.4 Å². The number of halogens is 3. The van der Waals surface area contributed by atoms with Crippen LogP contribution in [0.1, 0.15) is 58.1 Å². The van der Waals surface area contributed by atoms with Crippen molar-refractivity contribution in [2.24, 2.45) is 0 Å². The Balaban J connectivity index is 1.16. The highest BCUT2D eigenvalue weighted by atomic mass is 19.4. The standard InChI is InChI=1S/C37H23F3N2O5/c1-20-3-10-25(11-4-20)47-26-12-8-24(9-13-26)41-33(43)27-14-6-22(18-29(27)35(41)45)23-7-15-28-30(19-23)36(46)42(34(28)44)32-16-5-21(2)17-31(32)37(38,39)40/h3-19H,1-2H3. The summed E-state index contributed by atoms with van der Waals surface area (Å²) in [7, 11) is 0. The summed E-state index contributed by atoms with van der Waals surface area (Å²) in [6, 6.07) is 26.4. The fourth-order valence-electron chi connectivity index (χ4n) is 5.77. The lowest BCUT2D eigenvalue weighted by Crippen LogP contribution is -2.31. The first kappa shape index (κ1) is 29.7. The fraction of sp³-hybridized carbons (Fsp3) is 0.0811. The molecule has 2 aliphatic heterocycles. The number of aryl methyl sites for hydroxylation is 2. The summed E-state index contributed by atoms with van der Waals surface area (Å²) in [6.45, 7) is 3.46. The van der Waals surface area contributed by atoms with E-state index in [1.165, 1.54) is 37.3 Å². The number of ether oxygens (including phenoxy) is 1. The average Bonchev–Trinajstić information content (AvgIpc) is 3.45. The molecule has 0 bridgehead atoms. The van der Waals surface area contributed by atoms with Gasteiger partial charge in [-0.2, -0.15) is 13.2 Å². The second-order valence-corrected chi connectivity index (χ2v) is 11.3. The molecule has 2 heterocycles. The maximum Gasteiger partial charge on any atom is 0.418 e. The Morgan fingerprint density at radius 3 is 1.53 bits per heavy atom. The smallest absolute Gasteiger partial charge is 0.418 e. The van der Waals surface area contributed by atoms with E-state index < -0.39 is 41.1 Å². The van der Waals surface area contributed by atoms with E-state index in [1.807, 2.05) is 31.2 Å². The Labute approximate surface area is 266 Å². The zero-order valence-electron chi connectivity index (χ0n) is 24.9. The summed E-state index contributed by atoms with van der Waals surface area (Å²) in [4.78, 5) is 55.0. The number of imide groups is 2. The summed E-state index contributed by atoms with van der Waals surface area (Å²) in [5.41, 5.74) is 1.26. The second-order valence-electron chi connectivity index (χ2n) is 11.3. The van der Waals surface area contributed by atoms with E-state index in [4.69, 9.17) is 4.74 Å². The molecule has 2 aliphatic rings. The molecule has 0 aliphatic carbocycles. The molecule has 4 amide bonds. The first-order valence-corrected chi connectivity index (χ1v) is 14.5. The van der Waals surface area contributed by atoms with Gasteiger partial charge in [-0.1, -0.05) is 41.5 Å². The molecule has 7 nitrogen and oxygen atoms in total. The summed E-state index contributed by atoms with van der Waals surface area (Å²) >= 11 is 0. The van der Waals surface area contributed by atoms with Crippen LogP contribution in [0.4, 0.5) is 24.5 Å². The predicted octanol–water partition coefficient (Wildman–Crippen LogP) is 8.38. The molecule has 0 unspecified atom stereocenters. The Hall–Kier alpha value is -6.03. The third-order valence-corrected chi connectivity index (χ3v) is 8.16. The summed E-state index contributed by atoms with van der Waals surface area (Å²) in [6.07, 6.45) is -4.79. The number of carbonyl (C=O) groups is 4. The van der Waals surface area contributed by atoms with Gasteiger partial charge in [0.25, 0.3) is 23.6 Å². The van der Waals surface area contributed by atoms with Crippen LogP contribution in [0.3, 0.4) is 0 Å². The molecule has 0 fully saturated rings. The van der Waals surface area contributed by atoms with Crippen LogP contribution >= 0.6 is 0 Å². The van der Waals surface area contributed by atoms with Gasteiger partial charge in [0.2, 0.25) is 0 Å². The molecular weight excluding hydrogens is 609 g/mol. The molecule has 232 valence electrons. The maximum absolute atomic E-state index is 13.9. The van der Waals surface area contributed by atoms with Crippen molar-refractivity contribution in [2.45, 2.75) is 20.0 Å². The molecule has 0 N–H and O–H groups in total. The topological polar surface area (TPSA) is 84.0 Å². The normalized spacial score (nSPS) is 14.1. The number of carbonyl (C=O) groups excluding carboxylic acids is 4. The highest BCUT2D eigenvalue weighted by Crippen LogP contribution is 2.41. The first-order valence-electron chi connectivity index (χ1n) is 14.5. The maximum atomic E-state index is 13.9. The SMILES string of the molecule is Cc1ccc(Oc2ccc(N3C(=O)c4ccc(-c5ccc6c(c5)C(=O)N(c5ccc(C)cc5C(F)(F)F)C6=O)cc4C3=O)cc2)cc1. The van der Waals surface area contributed by atoms with E-state index in [-0.39, 0.29) is 22.3 Å². The molecule has 0 radical (unpaired) electrons. The van der Waals surface area contributed by atoms with E-state index in [0.717, 1.165) is 22.6 Å². The monoisotopic (exact) mass is 632 g/mol. The van der Waals surface area contributed by atoms with Gasteiger partial charge in [0.15, 0.2) is 0 Å². The molecule has 5 aromatic rings. The minimum absolute atomic E-state index is 0.0409. The predicted molar refractivity (Wildman–Crippen MR) is 168 cm³/mol. The number of fused-ring (bicyclic) bond motifs is 2. The third kappa shape index (κ3) is 5.04. The van der Waals surface area contributed by atoms with Gasteiger partial charge in [-0.25, -0.2) is 9.80 Å². The molecule has 0 spiro atoms. The van der Waals surface area contributed by atoms with Gasteiger partial charge in [0.05, 0.1) is 39.2 Å². The van der Waals surface area contributed by atoms with Gasteiger partial charge in [-0.3, -0.25) is 19.2 Å². The highest BCUT2D eigenvalue weighted by molar-refractivity contribution is 6.36. The Morgan fingerprint density at radius 2 is 0.979 bits per heavy atom. The van der Waals surface area contributed by atoms with Crippen molar-refractivity contribution in [3.63, 3.8) is 0 Å². The van der Waals surface area contributed by atoms with Crippen LogP contribution in [0.25, 0.3) is 11.1 Å². The summed E-state index contributed by atoms with van der Waals surface area (Å²) in [5, 5.41) is 0. The third-order valence-electron chi connectivity index (χ3n) is 8.16. The number of benzene rings is 5. The minimum atomic E-state index is -4.79. The molecular formula is C37H23F3N2O5. The van der Waals surface area contributed by atoms with Crippen LogP contribution in [0.5, 0.6) is 11.5 Å². The van der Waals surface area contributed by atoms with Crippen molar-refractivity contribution in [2.75, 3.05) is 9.80 Å². The van der Waals surface area contributed by atoms with Crippen LogP contribution in [0, 0.1) is 13.8 Å². The summed E-state index contributed by atoms with van der Waals surface area (Å²) in [5.74, 6) is -1.65. The molecule has 0 aromatic heterocycles. The van der Waals surface area contributed by atoms with Gasteiger partial charge in [0, 0.05) is 0 Å². The lowest BCUT2D eigenvalue weighted by molar-refractivity contribution is -0.137. The van der Waals surface area contributed by atoms with Gasteiger partial charge < -0.3 is 4.74 Å². The van der Waals surface area contributed by atoms with Crippen molar-refractivity contribution in [3.05, 3.63) is 142 Å². The molecule has 47 heavy (non-hydrogen) atoms. The number of alkyl halides is 3. The fourth-order valence-corrected chi connectivity index (χ4v) is 5.77. The van der Waals surface area contributed by atoms with Crippen LogP contribution in [0.2, 0.25) is 0 Å². The zero-order chi connectivity index (χ0) is 33.2. The van der Waals surface area contributed by atoms with Crippen LogP contribution in [-0.4, -0.2) is 23.6 Å². The van der Waals surface area contributed by atoms with Gasteiger partial charge in [0.1, 0.15) is 11.5 Å². The number of amides is 4. The molecule has 0 saturated carbocycles. The Kier molecular flexibility index (Phi) is 6.82. The lowest BCUT2D eigenvalue weighted by Gasteiger charge is -2.20. The van der Waals surface area contributed by atoms with E-state index in [9.17, 15) is 32.3 Å². The van der Waals surface area contributed by atoms with Gasteiger partial charge in [-0.05, 0) is 97.8 Å². The van der Waals surface area contributed by atoms with Crippen molar-refractivity contribution in [1.29, 1.82) is 0 Å². The number of anilines is 2. The number of nitrogens with zero attached hydrogens (tertiary/aromatic N) is 2. The van der Waals surface area contributed by atoms with Crippen LogP contribution in [0.15, 0.2) is 103 Å². The number of rotatable bonds is 5. The van der Waals surface area contributed by atoms with Crippen molar-refractivity contribution in [3.8, 4) is 22.6 Å². The highest BCUT2D eigenvalue weighted by Gasteiger charge is 2.43. The van der Waals surface area contributed by atoms with E-state index >= 15 is 0 Å². The molecule has 7 rings (SSSR count). The van der Waals surface area contributed by atoms with Gasteiger partial charge >= 0.3 is 6.18 Å². The van der Waals surface area contributed by atoms with E-state index in [0.29, 0.717) is 38.8 Å². The first-order chi connectivity index (χ1) is 22.4. The van der Waals surface area contributed by atoms with Gasteiger partial charge in [-0.15, -0.1) is 0 Å². The molecule has 0 saturated heterocycles. The number of hydrogen-bond donors (Lipinski definition) is 0. The van der Waals surface area contributed by atoms with E-state index in [2.05, 4.69) is 0 Å².